The second-order valence-electron chi connectivity index (χ2n) is 4.57. The maximum atomic E-state index is 12.0. The van der Waals surface area contributed by atoms with Crippen molar-refractivity contribution in [3.63, 3.8) is 0 Å². The molecule has 0 radical (unpaired) electrons. The van der Waals surface area contributed by atoms with Gasteiger partial charge in [0.1, 0.15) is 6.04 Å². The highest BCUT2D eigenvalue weighted by Crippen LogP contribution is 2.39. The molecule has 0 spiro atoms. The number of carbonyl (C=O) groups excluding carboxylic acids is 1. The zero-order valence-electron chi connectivity index (χ0n) is 8.82. The first-order valence-electron chi connectivity index (χ1n) is 5.53. The summed E-state index contributed by atoms with van der Waals surface area (Å²) in [5.41, 5.74) is 7.69. The first-order valence-corrected chi connectivity index (χ1v) is 5.91. The highest BCUT2D eigenvalue weighted by atomic mass is 35.5. The number of benzene rings is 1. The summed E-state index contributed by atoms with van der Waals surface area (Å²) in [6.45, 7) is 0.807. The molecule has 16 heavy (non-hydrogen) atoms. The van der Waals surface area contributed by atoms with Gasteiger partial charge < -0.3 is 10.6 Å². The Balaban J connectivity index is 1.99. The van der Waals surface area contributed by atoms with Crippen molar-refractivity contribution in [1.29, 1.82) is 0 Å². The Morgan fingerprint density at radius 2 is 2.19 bits per heavy atom. The predicted octanol–water partition coefficient (Wildman–Crippen LogP) is 2.10. The van der Waals surface area contributed by atoms with Crippen molar-refractivity contribution in [1.82, 2.24) is 0 Å². The lowest BCUT2D eigenvalue weighted by Gasteiger charge is -2.16. The molecule has 84 valence electrons. The Hall–Kier alpha value is -1.06. The summed E-state index contributed by atoms with van der Waals surface area (Å²) >= 11 is 5.92. The number of hydrogen-bond donors (Lipinski definition) is 1. The van der Waals surface area contributed by atoms with E-state index in [2.05, 4.69) is 0 Å². The van der Waals surface area contributed by atoms with Gasteiger partial charge in [0.2, 0.25) is 5.91 Å². The van der Waals surface area contributed by atoms with Crippen molar-refractivity contribution in [3.05, 3.63) is 28.8 Å². The van der Waals surface area contributed by atoms with Crippen LogP contribution in [0, 0.1) is 5.92 Å². The van der Waals surface area contributed by atoms with Crippen molar-refractivity contribution < 1.29 is 4.79 Å². The summed E-state index contributed by atoms with van der Waals surface area (Å²) in [5, 5.41) is 0.635. The normalized spacial score (nSPS) is 23.8. The van der Waals surface area contributed by atoms with Crippen LogP contribution in [-0.2, 0) is 4.79 Å². The van der Waals surface area contributed by atoms with E-state index in [1.807, 2.05) is 17.0 Å². The zero-order valence-corrected chi connectivity index (χ0v) is 9.57. The van der Waals surface area contributed by atoms with Gasteiger partial charge in [0.05, 0.1) is 0 Å². The molecule has 1 amide bonds. The molecule has 4 heteroatoms. The third kappa shape index (κ3) is 1.51. The van der Waals surface area contributed by atoms with Crippen LogP contribution < -0.4 is 10.6 Å². The summed E-state index contributed by atoms with van der Waals surface area (Å²) < 4.78 is 0. The SMILES string of the molecule is NC1C(=O)N(CC2CC2)c2ccc(Cl)cc21. The van der Waals surface area contributed by atoms with Crippen LogP contribution in [0.1, 0.15) is 24.4 Å². The molecule has 1 aromatic carbocycles. The van der Waals surface area contributed by atoms with Gasteiger partial charge in [0.25, 0.3) is 0 Å². The first kappa shape index (κ1) is 10.1. The standard InChI is InChI=1S/C12H13ClN2O/c13-8-3-4-10-9(5-8)11(14)12(16)15(10)6-7-1-2-7/h3-5,7,11H,1-2,6,14H2. The van der Waals surface area contributed by atoms with E-state index in [-0.39, 0.29) is 5.91 Å². The molecule has 1 unspecified atom stereocenters. The fourth-order valence-corrected chi connectivity index (χ4v) is 2.37. The van der Waals surface area contributed by atoms with Crippen LogP contribution >= 0.6 is 11.6 Å². The van der Waals surface area contributed by atoms with Crippen LogP contribution in [0.25, 0.3) is 0 Å². The molecule has 0 bridgehead atoms. The molecule has 3 rings (SSSR count). The topological polar surface area (TPSA) is 46.3 Å². The van der Waals surface area contributed by atoms with Gasteiger partial charge in [-0.1, -0.05) is 11.6 Å². The number of carbonyl (C=O) groups is 1. The Morgan fingerprint density at radius 3 is 2.88 bits per heavy atom. The van der Waals surface area contributed by atoms with E-state index in [1.54, 1.807) is 6.07 Å². The van der Waals surface area contributed by atoms with Crippen molar-refractivity contribution in [2.45, 2.75) is 18.9 Å². The maximum Gasteiger partial charge on any atom is 0.248 e. The number of hydrogen-bond acceptors (Lipinski definition) is 2. The Labute approximate surface area is 99.2 Å². The minimum atomic E-state index is -0.535. The Morgan fingerprint density at radius 1 is 1.44 bits per heavy atom. The molecule has 3 nitrogen and oxygen atoms in total. The summed E-state index contributed by atoms with van der Waals surface area (Å²) in [7, 11) is 0. The van der Waals surface area contributed by atoms with E-state index < -0.39 is 6.04 Å². The summed E-state index contributed by atoms with van der Waals surface area (Å²) in [6.07, 6.45) is 2.45. The van der Waals surface area contributed by atoms with Crippen LogP contribution in [0.5, 0.6) is 0 Å². The second-order valence-corrected chi connectivity index (χ2v) is 5.01. The number of nitrogens with two attached hydrogens (primary N) is 1. The van der Waals surface area contributed by atoms with Gasteiger partial charge in [0.15, 0.2) is 0 Å². The van der Waals surface area contributed by atoms with E-state index in [0.29, 0.717) is 10.9 Å². The van der Waals surface area contributed by atoms with Crippen molar-refractivity contribution in [2.75, 3.05) is 11.4 Å². The molecule has 0 saturated heterocycles. The molecule has 1 aromatic rings. The maximum absolute atomic E-state index is 12.0. The lowest BCUT2D eigenvalue weighted by molar-refractivity contribution is -0.119. The molecule has 1 aliphatic carbocycles. The monoisotopic (exact) mass is 236 g/mol. The van der Waals surface area contributed by atoms with Crippen LogP contribution in [0.2, 0.25) is 5.02 Å². The van der Waals surface area contributed by atoms with Gasteiger partial charge in [-0.05, 0) is 37.0 Å². The molecule has 1 atom stereocenters. The van der Waals surface area contributed by atoms with Gasteiger partial charge in [0, 0.05) is 22.8 Å². The van der Waals surface area contributed by atoms with E-state index in [0.717, 1.165) is 17.8 Å². The molecular weight excluding hydrogens is 224 g/mol. The number of amides is 1. The number of fused-ring (bicyclic) bond motifs is 1. The average molecular weight is 237 g/mol. The molecule has 1 heterocycles. The van der Waals surface area contributed by atoms with Crippen LogP contribution in [0.15, 0.2) is 18.2 Å². The van der Waals surface area contributed by atoms with Gasteiger partial charge >= 0.3 is 0 Å². The van der Waals surface area contributed by atoms with Gasteiger partial charge in [-0.25, -0.2) is 0 Å². The van der Waals surface area contributed by atoms with Crippen molar-refractivity contribution in [3.8, 4) is 0 Å². The predicted molar refractivity (Wildman–Crippen MR) is 63.5 cm³/mol. The van der Waals surface area contributed by atoms with Gasteiger partial charge in [-0.2, -0.15) is 0 Å². The fourth-order valence-electron chi connectivity index (χ4n) is 2.19. The summed E-state index contributed by atoms with van der Waals surface area (Å²) in [4.78, 5) is 13.8. The van der Waals surface area contributed by atoms with E-state index in [9.17, 15) is 4.79 Å². The average Bonchev–Trinajstić information content (AvgIpc) is 3.04. The number of halogens is 1. The fraction of sp³-hybridized carbons (Fsp3) is 0.417. The number of rotatable bonds is 2. The molecular formula is C12H13ClN2O. The molecule has 0 aromatic heterocycles. The molecule has 2 aliphatic rings. The summed E-state index contributed by atoms with van der Waals surface area (Å²) in [6, 6.07) is 4.97. The highest BCUT2D eigenvalue weighted by Gasteiger charge is 2.37. The molecule has 1 fully saturated rings. The lowest BCUT2D eigenvalue weighted by atomic mass is 10.1. The highest BCUT2D eigenvalue weighted by molar-refractivity contribution is 6.31. The van der Waals surface area contributed by atoms with Crippen LogP contribution in [0.4, 0.5) is 5.69 Å². The van der Waals surface area contributed by atoms with E-state index in [1.165, 1.54) is 12.8 Å². The Kier molecular flexibility index (Phi) is 2.19. The number of anilines is 1. The third-order valence-electron chi connectivity index (χ3n) is 3.29. The van der Waals surface area contributed by atoms with E-state index in [4.69, 9.17) is 17.3 Å². The van der Waals surface area contributed by atoms with Crippen molar-refractivity contribution >= 4 is 23.2 Å². The Bertz CT molecular complexity index is 456. The molecule has 1 saturated carbocycles. The first-order chi connectivity index (χ1) is 7.66. The third-order valence-corrected chi connectivity index (χ3v) is 3.52. The number of nitrogens with zero attached hydrogens (tertiary/aromatic N) is 1. The lowest BCUT2D eigenvalue weighted by Crippen LogP contribution is -2.33. The van der Waals surface area contributed by atoms with Gasteiger partial charge in [-0.15, -0.1) is 0 Å². The van der Waals surface area contributed by atoms with E-state index >= 15 is 0 Å². The largest absolute Gasteiger partial charge is 0.316 e. The summed E-state index contributed by atoms with van der Waals surface area (Å²) in [5.74, 6) is 0.668. The van der Waals surface area contributed by atoms with Crippen molar-refractivity contribution in [2.24, 2.45) is 11.7 Å². The minimum Gasteiger partial charge on any atom is -0.316 e. The molecule has 2 N–H and O–H groups in total. The van der Waals surface area contributed by atoms with Gasteiger partial charge in [-0.3, -0.25) is 4.79 Å². The quantitative estimate of drug-likeness (QED) is 0.855. The molecule has 1 aliphatic heterocycles. The smallest absolute Gasteiger partial charge is 0.248 e. The van der Waals surface area contributed by atoms with Crippen LogP contribution in [0.3, 0.4) is 0 Å². The minimum absolute atomic E-state index is 0.00386. The zero-order chi connectivity index (χ0) is 11.3. The second kappa shape index (κ2) is 3.47. The van der Waals surface area contributed by atoms with Crippen LogP contribution in [-0.4, -0.2) is 12.5 Å².